The first kappa shape index (κ1) is 18.7. The Balaban J connectivity index is 1.45. The zero-order valence-electron chi connectivity index (χ0n) is 14.5. The summed E-state index contributed by atoms with van der Waals surface area (Å²) in [5.74, 6) is 0.794. The van der Waals surface area contributed by atoms with E-state index in [1.54, 1.807) is 7.05 Å². The van der Waals surface area contributed by atoms with Crippen LogP contribution in [0.3, 0.4) is 0 Å². The summed E-state index contributed by atoms with van der Waals surface area (Å²) in [5, 5.41) is 6.52. The van der Waals surface area contributed by atoms with E-state index >= 15 is 0 Å². The molecule has 134 valence electrons. The van der Waals surface area contributed by atoms with Gasteiger partial charge in [-0.15, -0.1) is 0 Å². The van der Waals surface area contributed by atoms with Gasteiger partial charge >= 0.3 is 0 Å². The molecular formula is C18H29N3O3. The van der Waals surface area contributed by atoms with Crippen LogP contribution in [0, 0.1) is 0 Å². The topological polar surface area (TPSA) is 64.1 Å². The van der Waals surface area contributed by atoms with Gasteiger partial charge in [0, 0.05) is 33.4 Å². The fourth-order valence-electron chi connectivity index (χ4n) is 2.40. The minimum atomic E-state index is 0.282. The van der Waals surface area contributed by atoms with Gasteiger partial charge in [-0.3, -0.25) is 4.99 Å². The van der Waals surface area contributed by atoms with Crippen LogP contribution in [0.15, 0.2) is 35.3 Å². The Morgan fingerprint density at radius 3 is 2.79 bits per heavy atom. The lowest BCUT2D eigenvalue weighted by atomic mass is 10.2. The van der Waals surface area contributed by atoms with E-state index < -0.39 is 0 Å². The Morgan fingerprint density at radius 2 is 2.04 bits per heavy atom. The highest BCUT2D eigenvalue weighted by Gasteiger charge is 2.15. The van der Waals surface area contributed by atoms with Gasteiger partial charge in [0.25, 0.3) is 0 Å². The van der Waals surface area contributed by atoms with Crippen LogP contribution in [0.25, 0.3) is 0 Å². The molecule has 24 heavy (non-hydrogen) atoms. The molecule has 0 bridgehead atoms. The van der Waals surface area contributed by atoms with Gasteiger partial charge in [0.15, 0.2) is 5.96 Å². The van der Waals surface area contributed by atoms with E-state index in [-0.39, 0.29) is 6.10 Å². The van der Waals surface area contributed by atoms with Crippen molar-refractivity contribution in [1.82, 2.24) is 10.6 Å². The molecule has 2 rings (SSSR count). The van der Waals surface area contributed by atoms with Crippen molar-refractivity contribution in [3.63, 3.8) is 0 Å². The van der Waals surface area contributed by atoms with Crippen LogP contribution >= 0.6 is 0 Å². The van der Waals surface area contributed by atoms with E-state index in [4.69, 9.17) is 14.2 Å². The van der Waals surface area contributed by atoms with Gasteiger partial charge in [-0.25, -0.2) is 0 Å². The van der Waals surface area contributed by atoms with Crippen molar-refractivity contribution < 1.29 is 14.2 Å². The van der Waals surface area contributed by atoms with Crippen molar-refractivity contribution in [3.8, 4) is 0 Å². The molecule has 1 aromatic carbocycles. The maximum atomic E-state index is 5.73. The largest absolute Gasteiger partial charge is 0.379 e. The van der Waals surface area contributed by atoms with Gasteiger partial charge in [-0.2, -0.15) is 0 Å². The summed E-state index contributed by atoms with van der Waals surface area (Å²) in [7, 11) is 1.77. The molecule has 1 heterocycles. The molecule has 0 aromatic heterocycles. The van der Waals surface area contributed by atoms with Gasteiger partial charge in [0.05, 0.1) is 25.9 Å². The number of rotatable bonds is 10. The Kier molecular flexibility index (Phi) is 9.23. The third-order valence-corrected chi connectivity index (χ3v) is 3.73. The molecule has 1 saturated heterocycles. The predicted molar refractivity (Wildman–Crippen MR) is 95.3 cm³/mol. The van der Waals surface area contributed by atoms with Crippen molar-refractivity contribution in [1.29, 1.82) is 0 Å². The average molecular weight is 335 g/mol. The van der Waals surface area contributed by atoms with Crippen LogP contribution in [0.5, 0.6) is 0 Å². The molecule has 6 nitrogen and oxygen atoms in total. The molecule has 2 N–H and O–H groups in total. The minimum Gasteiger partial charge on any atom is -0.379 e. The van der Waals surface area contributed by atoms with Crippen LogP contribution in [0.4, 0.5) is 0 Å². The first-order valence-corrected chi connectivity index (χ1v) is 8.64. The highest BCUT2D eigenvalue weighted by molar-refractivity contribution is 5.79. The second-order valence-electron chi connectivity index (χ2n) is 5.67. The Hall–Kier alpha value is -1.63. The molecule has 0 spiro atoms. The van der Waals surface area contributed by atoms with E-state index in [2.05, 4.69) is 27.8 Å². The Labute approximate surface area is 144 Å². The van der Waals surface area contributed by atoms with Crippen LogP contribution < -0.4 is 10.6 Å². The van der Waals surface area contributed by atoms with Crippen LogP contribution in [-0.2, 0) is 20.8 Å². The molecule has 0 saturated carbocycles. The summed E-state index contributed by atoms with van der Waals surface area (Å²) in [4.78, 5) is 4.20. The molecule has 1 aromatic rings. The lowest BCUT2D eigenvalue weighted by Crippen LogP contribution is -2.39. The minimum absolute atomic E-state index is 0.282. The fourth-order valence-corrected chi connectivity index (χ4v) is 2.40. The summed E-state index contributed by atoms with van der Waals surface area (Å²) < 4.78 is 16.6. The predicted octanol–water partition coefficient (Wildman–Crippen LogP) is 1.56. The molecule has 0 aliphatic carbocycles. The summed E-state index contributed by atoms with van der Waals surface area (Å²) >= 11 is 0. The molecule has 0 amide bonds. The number of aliphatic imine (C=N–C) groups is 1. The lowest BCUT2D eigenvalue weighted by Gasteiger charge is -2.13. The zero-order chi connectivity index (χ0) is 16.9. The number of benzene rings is 1. The zero-order valence-corrected chi connectivity index (χ0v) is 14.5. The van der Waals surface area contributed by atoms with Crippen molar-refractivity contribution >= 4 is 5.96 Å². The number of nitrogens with zero attached hydrogens (tertiary/aromatic N) is 1. The second-order valence-corrected chi connectivity index (χ2v) is 5.67. The Bertz CT molecular complexity index is 462. The van der Waals surface area contributed by atoms with Gasteiger partial charge in [-0.05, 0) is 18.4 Å². The molecule has 1 fully saturated rings. The summed E-state index contributed by atoms with van der Waals surface area (Å²) in [5.41, 5.74) is 1.19. The number of hydrogen-bond acceptors (Lipinski definition) is 4. The highest BCUT2D eigenvalue weighted by atomic mass is 16.5. The lowest BCUT2D eigenvalue weighted by molar-refractivity contribution is 0.0420. The van der Waals surface area contributed by atoms with E-state index in [9.17, 15) is 0 Å². The third-order valence-electron chi connectivity index (χ3n) is 3.73. The molecular weight excluding hydrogens is 306 g/mol. The number of nitrogens with one attached hydrogen (secondary N) is 2. The average Bonchev–Trinajstić information content (AvgIpc) is 3.14. The standard InChI is InChI=1S/C18H29N3O3/c1-19-18(20-9-5-11-24-17-8-12-22-15-17)21-10-13-23-14-16-6-3-2-4-7-16/h2-4,6-7,17H,5,8-15H2,1H3,(H2,19,20,21). The summed E-state index contributed by atoms with van der Waals surface area (Å²) in [6.07, 6.45) is 2.24. The maximum Gasteiger partial charge on any atom is 0.191 e. The van der Waals surface area contributed by atoms with E-state index in [1.165, 1.54) is 5.56 Å². The number of guanidine groups is 1. The van der Waals surface area contributed by atoms with Crippen LogP contribution in [-0.4, -0.2) is 58.6 Å². The number of ether oxygens (including phenoxy) is 3. The fraction of sp³-hybridized carbons (Fsp3) is 0.611. The molecule has 1 unspecified atom stereocenters. The normalized spacial score (nSPS) is 17.9. The first-order valence-electron chi connectivity index (χ1n) is 8.64. The maximum absolute atomic E-state index is 5.73. The van der Waals surface area contributed by atoms with Gasteiger partial charge in [0.2, 0.25) is 0 Å². The van der Waals surface area contributed by atoms with Crippen molar-refractivity contribution in [2.75, 3.05) is 46.6 Å². The third kappa shape index (κ3) is 7.77. The van der Waals surface area contributed by atoms with Gasteiger partial charge in [-0.1, -0.05) is 30.3 Å². The number of hydrogen-bond donors (Lipinski definition) is 2. The molecule has 1 aliphatic heterocycles. The molecule has 1 atom stereocenters. The van der Waals surface area contributed by atoms with Crippen molar-refractivity contribution in [2.45, 2.75) is 25.6 Å². The summed E-state index contributed by atoms with van der Waals surface area (Å²) in [6, 6.07) is 10.2. The SMILES string of the molecule is CN=C(NCCCOC1CCOC1)NCCOCc1ccccc1. The smallest absolute Gasteiger partial charge is 0.191 e. The van der Waals surface area contributed by atoms with Crippen molar-refractivity contribution in [3.05, 3.63) is 35.9 Å². The van der Waals surface area contributed by atoms with E-state index in [0.29, 0.717) is 13.2 Å². The Morgan fingerprint density at radius 1 is 1.21 bits per heavy atom. The summed E-state index contributed by atoms with van der Waals surface area (Å²) in [6.45, 7) is 5.14. The van der Waals surface area contributed by atoms with E-state index in [0.717, 1.165) is 51.7 Å². The monoisotopic (exact) mass is 335 g/mol. The van der Waals surface area contributed by atoms with Crippen molar-refractivity contribution in [2.24, 2.45) is 4.99 Å². The van der Waals surface area contributed by atoms with E-state index in [1.807, 2.05) is 18.2 Å². The quantitative estimate of drug-likeness (QED) is 0.386. The second kappa shape index (κ2) is 11.8. The molecule has 0 radical (unpaired) electrons. The first-order chi connectivity index (χ1) is 11.9. The van der Waals surface area contributed by atoms with Crippen LogP contribution in [0.2, 0.25) is 0 Å². The molecule has 6 heteroatoms. The highest BCUT2D eigenvalue weighted by Crippen LogP contribution is 2.07. The molecule has 1 aliphatic rings. The van der Waals surface area contributed by atoms with Crippen LogP contribution in [0.1, 0.15) is 18.4 Å². The van der Waals surface area contributed by atoms with Gasteiger partial charge < -0.3 is 24.8 Å². The van der Waals surface area contributed by atoms with Gasteiger partial charge in [0.1, 0.15) is 0 Å².